The van der Waals surface area contributed by atoms with Gasteiger partial charge in [-0.25, -0.2) is 4.98 Å². The van der Waals surface area contributed by atoms with E-state index >= 15 is 0 Å². The van der Waals surface area contributed by atoms with Crippen molar-refractivity contribution < 1.29 is 18.0 Å². The van der Waals surface area contributed by atoms with Crippen LogP contribution in [0.1, 0.15) is 27.3 Å². The Morgan fingerprint density at radius 3 is 2.77 bits per heavy atom. The summed E-state index contributed by atoms with van der Waals surface area (Å²) in [6, 6.07) is 2.29. The molecule has 0 unspecified atom stereocenters. The maximum Gasteiger partial charge on any atom is 0.433 e. The minimum absolute atomic E-state index is 0.0337. The summed E-state index contributed by atoms with van der Waals surface area (Å²) < 4.78 is 38.2. The SMILES string of the molecule is Cc1c(C(=O)N2CC[C@H](N)C2)sc2nc(C(F)(F)F)ccc12. The number of nitrogens with two attached hydrogens (primary N) is 1. The molecular formula is C14H14F3N3OS. The topological polar surface area (TPSA) is 59.2 Å². The molecule has 2 N–H and O–H groups in total. The Kier molecular flexibility index (Phi) is 3.60. The van der Waals surface area contributed by atoms with E-state index in [1.807, 2.05) is 0 Å². The molecule has 0 saturated carbocycles. The van der Waals surface area contributed by atoms with Crippen LogP contribution in [-0.4, -0.2) is 34.9 Å². The molecule has 0 bridgehead atoms. The van der Waals surface area contributed by atoms with Gasteiger partial charge in [0.05, 0.1) is 4.88 Å². The molecule has 3 heterocycles. The maximum atomic E-state index is 12.7. The highest BCUT2D eigenvalue weighted by atomic mass is 32.1. The molecule has 22 heavy (non-hydrogen) atoms. The standard InChI is InChI=1S/C14H14F3N3OS/c1-7-9-2-3-10(14(15,16)17)19-12(9)22-11(7)13(21)20-5-4-8(18)6-20/h2-3,8H,4-6,18H2,1H3/t8-/m0/s1. The van der Waals surface area contributed by atoms with Gasteiger partial charge in [-0.05, 0) is 31.0 Å². The second kappa shape index (κ2) is 5.20. The van der Waals surface area contributed by atoms with Crippen molar-refractivity contribution in [2.45, 2.75) is 25.6 Å². The third-order valence-electron chi connectivity index (χ3n) is 3.80. The number of hydrogen-bond acceptors (Lipinski definition) is 4. The van der Waals surface area contributed by atoms with Gasteiger partial charge in [0.15, 0.2) is 0 Å². The summed E-state index contributed by atoms with van der Waals surface area (Å²) in [7, 11) is 0. The van der Waals surface area contributed by atoms with E-state index < -0.39 is 11.9 Å². The number of halogens is 3. The molecular weight excluding hydrogens is 315 g/mol. The van der Waals surface area contributed by atoms with Crippen LogP contribution in [0.15, 0.2) is 12.1 Å². The Morgan fingerprint density at radius 1 is 1.45 bits per heavy atom. The first kappa shape index (κ1) is 15.2. The lowest BCUT2D eigenvalue weighted by Gasteiger charge is -2.14. The molecule has 0 aliphatic carbocycles. The van der Waals surface area contributed by atoms with E-state index in [0.717, 1.165) is 23.8 Å². The molecule has 2 aromatic rings. The molecule has 2 aromatic heterocycles. The fourth-order valence-corrected chi connectivity index (χ4v) is 3.72. The van der Waals surface area contributed by atoms with Crippen molar-refractivity contribution in [3.8, 4) is 0 Å². The average Bonchev–Trinajstić information content (AvgIpc) is 3.01. The monoisotopic (exact) mass is 329 g/mol. The number of alkyl halides is 3. The largest absolute Gasteiger partial charge is 0.433 e. The molecule has 1 amide bonds. The second-order valence-corrected chi connectivity index (χ2v) is 6.40. The third kappa shape index (κ3) is 2.56. The Morgan fingerprint density at radius 2 is 2.18 bits per heavy atom. The minimum Gasteiger partial charge on any atom is -0.336 e. The number of aryl methyl sites for hydroxylation is 1. The van der Waals surface area contributed by atoms with Crippen molar-refractivity contribution in [1.29, 1.82) is 0 Å². The number of pyridine rings is 1. The number of nitrogens with zero attached hydrogens (tertiary/aromatic N) is 2. The molecule has 1 aliphatic rings. The van der Waals surface area contributed by atoms with E-state index in [4.69, 9.17) is 5.73 Å². The van der Waals surface area contributed by atoms with Crippen molar-refractivity contribution in [2.24, 2.45) is 5.73 Å². The number of rotatable bonds is 1. The molecule has 1 aliphatic heterocycles. The number of fused-ring (bicyclic) bond motifs is 1. The van der Waals surface area contributed by atoms with E-state index in [1.165, 1.54) is 6.07 Å². The summed E-state index contributed by atoms with van der Waals surface area (Å²) in [6.45, 7) is 2.79. The summed E-state index contributed by atoms with van der Waals surface area (Å²) in [5.74, 6) is -0.179. The molecule has 118 valence electrons. The van der Waals surface area contributed by atoms with E-state index in [9.17, 15) is 18.0 Å². The average molecular weight is 329 g/mol. The zero-order valence-electron chi connectivity index (χ0n) is 11.8. The predicted octanol–water partition coefficient (Wildman–Crippen LogP) is 2.80. The van der Waals surface area contributed by atoms with Crippen molar-refractivity contribution in [2.75, 3.05) is 13.1 Å². The van der Waals surface area contributed by atoms with Crippen LogP contribution in [0.2, 0.25) is 0 Å². The summed E-state index contributed by atoms with van der Waals surface area (Å²) >= 11 is 1.01. The number of carbonyl (C=O) groups is 1. The Labute approximate surface area is 128 Å². The van der Waals surface area contributed by atoms with Crippen molar-refractivity contribution in [3.63, 3.8) is 0 Å². The lowest BCUT2D eigenvalue weighted by atomic mass is 10.1. The highest BCUT2D eigenvalue weighted by Crippen LogP contribution is 2.35. The predicted molar refractivity (Wildman–Crippen MR) is 77.9 cm³/mol. The van der Waals surface area contributed by atoms with E-state index in [2.05, 4.69) is 4.98 Å². The smallest absolute Gasteiger partial charge is 0.336 e. The van der Waals surface area contributed by atoms with Gasteiger partial charge in [-0.3, -0.25) is 4.79 Å². The van der Waals surface area contributed by atoms with E-state index in [1.54, 1.807) is 11.8 Å². The van der Waals surface area contributed by atoms with E-state index in [0.29, 0.717) is 28.9 Å². The number of amides is 1. The quantitative estimate of drug-likeness (QED) is 0.875. The van der Waals surface area contributed by atoms with Gasteiger partial charge in [0.25, 0.3) is 5.91 Å². The Balaban J connectivity index is 2.00. The molecule has 8 heteroatoms. The zero-order valence-corrected chi connectivity index (χ0v) is 12.6. The van der Waals surface area contributed by atoms with Gasteiger partial charge >= 0.3 is 6.18 Å². The Bertz CT molecular complexity index is 741. The van der Waals surface area contributed by atoms with Crippen LogP contribution in [-0.2, 0) is 6.18 Å². The number of thiophene rings is 1. The summed E-state index contributed by atoms with van der Waals surface area (Å²) in [6.07, 6.45) is -3.75. The molecule has 0 spiro atoms. The summed E-state index contributed by atoms with van der Waals surface area (Å²) in [5.41, 5.74) is 5.53. The number of hydrogen-bond donors (Lipinski definition) is 1. The van der Waals surface area contributed by atoms with Gasteiger partial charge in [-0.1, -0.05) is 0 Å². The molecule has 1 fully saturated rings. The Hall–Kier alpha value is -1.67. The van der Waals surface area contributed by atoms with Crippen LogP contribution in [0.25, 0.3) is 10.2 Å². The summed E-state index contributed by atoms with van der Waals surface area (Å²) in [5, 5.41) is 0.588. The number of likely N-dealkylation sites (tertiary alicyclic amines) is 1. The first-order chi connectivity index (χ1) is 10.3. The highest BCUT2D eigenvalue weighted by molar-refractivity contribution is 7.20. The molecule has 4 nitrogen and oxygen atoms in total. The first-order valence-corrected chi connectivity index (χ1v) is 7.61. The van der Waals surface area contributed by atoms with Gasteiger partial charge in [-0.15, -0.1) is 11.3 Å². The van der Waals surface area contributed by atoms with E-state index in [-0.39, 0.29) is 16.8 Å². The van der Waals surface area contributed by atoms with Gasteiger partial charge in [0.1, 0.15) is 10.5 Å². The van der Waals surface area contributed by atoms with Crippen molar-refractivity contribution in [3.05, 3.63) is 28.3 Å². The van der Waals surface area contributed by atoms with Gasteiger partial charge in [0, 0.05) is 24.5 Å². The number of carbonyl (C=O) groups excluding carboxylic acids is 1. The molecule has 3 rings (SSSR count). The molecule has 1 saturated heterocycles. The second-order valence-electron chi connectivity index (χ2n) is 5.40. The minimum atomic E-state index is -4.49. The third-order valence-corrected chi connectivity index (χ3v) is 4.99. The zero-order chi connectivity index (χ0) is 16.1. The first-order valence-electron chi connectivity index (χ1n) is 6.79. The van der Waals surface area contributed by atoms with Crippen LogP contribution in [0.3, 0.4) is 0 Å². The lowest BCUT2D eigenvalue weighted by molar-refractivity contribution is -0.140. The molecule has 1 atom stereocenters. The maximum absolute atomic E-state index is 12.7. The van der Waals surface area contributed by atoms with Crippen LogP contribution < -0.4 is 5.73 Å². The van der Waals surface area contributed by atoms with Crippen LogP contribution in [0.5, 0.6) is 0 Å². The van der Waals surface area contributed by atoms with Gasteiger partial charge in [-0.2, -0.15) is 13.2 Å². The van der Waals surface area contributed by atoms with Crippen LogP contribution in [0.4, 0.5) is 13.2 Å². The molecule has 0 radical (unpaired) electrons. The fourth-order valence-electron chi connectivity index (χ4n) is 2.58. The highest BCUT2D eigenvalue weighted by Gasteiger charge is 2.33. The molecule has 0 aromatic carbocycles. The normalized spacial score (nSPS) is 19.1. The van der Waals surface area contributed by atoms with Crippen LogP contribution >= 0.6 is 11.3 Å². The summed E-state index contributed by atoms with van der Waals surface area (Å²) in [4.78, 5) is 18.5. The van der Waals surface area contributed by atoms with Crippen molar-refractivity contribution >= 4 is 27.5 Å². The van der Waals surface area contributed by atoms with Gasteiger partial charge < -0.3 is 10.6 Å². The van der Waals surface area contributed by atoms with Gasteiger partial charge in [0.2, 0.25) is 0 Å². The number of aromatic nitrogens is 1. The van der Waals surface area contributed by atoms with Crippen molar-refractivity contribution in [1.82, 2.24) is 9.88 Å². The lowest BCUT2D eigenvalue weighted by Crippen LogP contribution is -2.31. The fraction of sp³-hybridized carbons (Fsp3) is 0.429. The van der Waals surface area contributed by atoms with Crippen LogP contribution in [0, 0.1) is 6.92 Å².